The lowest BCUT2D eigenvalue weighted by Gasteiger charge is -2.15. The molecule has 0 atom stereocenters. The Bertz CT molecular complexity index is 361. The molecule has 1 heterocycles. The van der Waals surface area contributed by atoms with Crippen molar-refractivity contribution < 1.29 is 0 Å². The summed E-state index contributed by atoms with van der Waals surface area (Å²) in [7, 11) is 0. The van der Waals surface area contributed by atoms with E-state index in [0.717, 1.165) is 17.5 Å². The van der Waals surface area contributed by atoms with Crippen molar-refractivity contribution in [3.8, 4) is 0 Å². The predicted octanol–water partition coefficient (Wildman–Crippen LogP) is 2.15. The van der Waals surface area contributed by atoms with Gasteiger partial charge in [0, 0.05) is 18.0 Å². The number of rotatable bonds is 2. The Balaban J connectivity index is 3.11. The van der Waals surface area contributed by atoms with E-state index in [-0.39, 0.29) is 5.54 Å². The van der Waals surface area contributed by atoms with E-state index in [1.165, 1.54) is 0 Å². The third-order valence-corrected chi connectivity index (χ3v) is 2.02. The fourth-order valence-corrected chi connectivity index (χ4v) is 1.38. The first-order valence-corrected chi connectivity index (χ1v) is 5.22. The first-order valence-electron chi connectivity index (χ1n) is 5.22. The molecule has 0 aliphatic carbocycles. The number of hydrogen-bond donors (Lipinski definition) is 1. The van der Waals surface area contributed by atoms with E-state index < -0.39 is 0 Å². The van der Waals surface area contributed by atoms with Gasteiger partial charge in [0.25, 0.3) is 0 Å². The molecule has 1 rings (SSSR count). The normalized spacial score (nSPS) is 12.9. The maximum absolute atomic E-state index is 5.98. The molecule has 0 aliphatic rings. The SMILES string of the molecule is CCc1cnccc1C(N)=NC(C)(C)C. The van der Waals surface area contributed by atoms with E-state index in [1.54, 1.807) is 6.20 Å². The van der Waals surface area contributed by atoms with Crippen LogP contribution in [0.1, 0.15) is 38.8 Å². The Morgan fingerprint density at radius 3 is 2.67 bits per heavy atom. The van der Waals surface area contributed by atoms with E-state index in [0.29, 0.717) is 5.84 Å². The minimum atomic E-state index is -0.141. The molecule has 1 aromatic rings. The summed E-state index contributed by atoms with van der Waals surface area (Å²) < 4.78 is 0. The van der Waals surface area contributed by atoms with E-state index in [2.05, 4.69) is 16.9 Å². The Kier molecular flexibility index (Phi) is 3.45. The van der Waals surface area contributed by atoms with Crippen LogP contribution in [0.4, 0.5) is 0 Å². The lowest BCUT2D eigenvalue weighted by Crippen LogP contribution is -2.22. The first-order chi connectivity index (χ1) is 6.94. The van der Waals surface area contributed by atoms with Crippen LogP contribution in [-0.4, -0.2) is 16.4 Å². The van der Waals surface area contributed by atoms with Crippen LogP contribution in [0.2, 0.25) is 0 Å². The zero-order chi connectivity index (χ0) is 11.5. The topological polar surface area (TPSA) is 51.3 Å². The Morgan fingerprint density at radius 1 is 1.47 bits per heavy atom. The van der Waals surface area contributed by atoms with Gasteiger partial charge in [-0.25, -0.2) is 0 Å². The second-order valence-electron chi connectivity index (χ2n) is 4.55. The summed E-state index contributed by atoms with van der Waals surface area (Å²) in [6, 6.07) is 1.92. The van der Waals surface area contributed by atoms with Gasteiger partial charge < -0.3 is 5.73 Å². The molecule has 15 heavy (non-hydrogen) atoms. The number of pyridine rings is 1. The molecule has 0 saturated carbocycles. The minimum absolute atomic E-state index is 0.141. The summed E-state index contributed by atoms with van der Waals surface area (Å²) in [4.78, 5) is 8.54. The predicted molar refractivity (Wildman–Crippen MR) is 64.1 cm³/mol. The lowest BCUT2D eigenvalue weighted by atomic mass is 10.1. The molecule has 0 unspecified atom stereocenters. The van der Waals surface area contributed by atoms with E-state index in [9.17, 15) is 0 Å². The number of aromatic nitrogens is 1. The standard InChI is InChI=1S/C12H19N3/c1-5-9-8-14-7-6-10(9)11(13)15-12(2,3)4/h6-8H,5H2,1-4H3,(H2,13,15). The maximum Gasteiger partial charge on any atom is 0.126 e. The molecule has 2 N–H and O–H groups in total. The van der Waals surface area contributed by atoms with Crippen LogP contribution in [0.3, 0.4) is 0 Å². The number of nitrogens with zero attached hydrogens (tertiary/aromatic N) is 2. The van der Waals surface area contributed by atoms with Crippen molar-refractivity contribution in [1.82, 2.24) is 4.98 Å². The van der Waals surface area contributed by atoms with Crippen LogP contribution >= 0.6 is 0 Å². The van der Waals surface area contributed by atoms with Crippen molar-refractivity contribution in [2.45, 2.75) is 39.7 Å². The Morgan fingerprint density at radius 2 is 2.13 bits per heavy atom. The summed E-state index contributed by atoms with van der Waals surface area (Å²) in [5.74, 6) is 0.599. The maximum atomic E-state index is 5.98. The van der Waals surface area contributed by atoms with Crippen LogP contribution in [-0.2, 0) is 6.42 Å². The van der Waals surface area contributed by atoms with Gasteiger partial charge in [-0.2, -0.15) is 0 Å². The molecule has 0 aliphatic heterocycles. The van der Waals surface area contributed by atoms with Crippen molar-refractivity contribution in [2.24, 2.45) is 10.7 Å². The monoisotopic (exact) mass is 205 g/mol. The molecule has 0 spiro atoms. The van der Waals surface area contributed by atoms with Gasteiger partial charge in [0.1, 0.15) is 5.84 Å². The van der Waals surface area contributed by atoms with Gasteiger partial charge in [-0.15, -0.1) is 0 Å². The molecule has 0 saturated heterocycles. The molecule has 0 radical (unpaired) electrons. The van der Waals surface area contributed by atoms with Crippen LogP contribution < -0.4 is 5.73 Å². The molecule has 3 nitrogen and oxygen atoms in total. The van der Waals surface area contributed by atoms with Gasteiger partial charge in [-0.3, -0.25) is 9.98 Å². The number of aliphatic imine (C=N–C) groups is 1. The van der Waals surface area contributed by atoms with Crippen molar-refractivity contribution in [1.29, 1.82) is 0 Å². The van der Waals surface area contributed by atoms with E-state index in [4.69, 9.17) is 5.73 Å². The lowest BCUT2D eigenvalue weighted by molar-refractivity contribution is 0.583. The zero-order valence-electron chi connectivity index (χ0n) is 9.91. The second-order valence-corrected chi connectivity index (χ2v) is 4.55. The van der Waals surface area contributed by atoms with Crippen LogP contribution in [0.25, 0.3) is 0 Å². The number of aryl methyl sites for hydroxylation is 1. The number of hydrogen-bond acceptors (Lipinski definition) is 2. The molecule has 0 fully saturated rings. The summed E-state index contributed by atoms with van der Waals surface area (Å²) in [5.41, 5.74) is 7.98. The quantitative estimate of drug-likeness (QED) is 0.594. The smallest absolute Gasteiger partial charge is 0.126 e. The second kappa shape index (κ2) is 4.43. The van der Waals surface area contributed by atoms with Crippen molar-refractivity contribution in [2.75, 3.05) is 0 Å². The van der Waals surface area contributed by atoms with Crippen molar-refractivity contribution in [3.63, 3.8) is 0 Å². The summed E-state index contributed by atoms with van der Waals surface area (Å²) in [6.07, 6.45) is 4.52. The average Bonchev–Trinajstić information content (AvgIpc) is 2.15. The minimum Gasteiger partial charge on any atom is -0.383 e. The van der Waals surface area contributed by atoms with Gasteiger partial charge in [-0.1, -0.05) is 6.92 Å². The van der Waals surface area contributed by atoms with Gasteiger partial charge in [0.15, 0.2) is 0 Å². The average molecular weight is 205 g/mol. The zero-order valence-corrected chi connectivity index (χ0v) is 9.91. The molecular formula is C12H19N3. The number of nitrogens with two attached hydrogens (primary N) is 1. The molecular weight excluding hydrogens is 186 g/mol. The van der Waals surface area contributed by atoms with Gasteiger partial charge in [0.2, 0.25) is 0 Å². The molecule has 82 valence electrons. The van der Waals surface area contributed by atoms with Crippen molar-refractivity contribution in [3.05, 3.63) is 29.6 Å². The van der Waals surface area contributed by atoms with Gasteiger partial charge in [0.05, 0.1) is 5.54 Å². The summed E-state index contributed by atoms with van der Waals surface area (Å²) in [5, 5.41) is 0. The van der Waals surface area contributed by atoms with Gasteiger partial charge >= 0.3 is 0 Å². The molecule has 0 aromatic carbocycles. The highest BCUT2D eigenvalue weighted by Gasteiger charge is 2.11. The first kappa shape index (κ1) is 11.7. The molecule has 0 amide bonds. The highest BCUT2D eigenvalue weighted by molar-refractivity contribution is 5.98. The molecule has 1 aromatic heterocycles. The highest BCUT2D eigenvalue weighted by Crippen LogP contribution is 2.12. The summed E-state index contributed by atoms with van der Waals surface area (Å²) >= 11 is 0. The largest absolute Gasteiger partial charge is 0.383 e. The van der Waals surface area contributed by atoms with Crippen LogP contribution in [0.15, 0.2) is 23.5 Å². The third-order valence-electron chi connectivity index (χ3n) is 2.02. The highest BCUT2D eigenvalue weighted by atomic mass is 14.9. The Hall–Kier alpha value is -1.38. The van der Waals surface area contributed by atoms with Crippen molar-refractivity contribution >= 4 is 5.84 Å². The van der Waals surface area contributed by atoms with Crippen LogP contribution in [0.5, 0.6) is 0 Å². The van der Waals surface area contributed by atoms with E-state index >= 15 is 0 Å². The third kappa shape index (κ3) is 3.35. The number of amidine groups is 1. The Labute approximate surface area is 91.4 Å². The van der Waals surface area contributed by atoms with E-state index in [1.807, 2.05) is 33.0 Å². The van der Waals surface area contributed by atoms with Crippen LogP contribution in [0, 0.1) is 0 Å². The fraction of sp³-hybridized carbons (Fsp3) is 0.500. The van der Waals surface area contributed by atoms with Gasteiger partial charge in [-0.05, 0) is 38.8 Å². The fourth-order valence-electron chi connectivity index (χ4n) is 1.38. The molecule has 3 heteroatoms. The summed E-state index contributed by atoms with van der Waals surface area (Å²) in [6.45, 7) is 8.19. The molecule has 0 bridgehead atoms.